The van der Waals surface area contributed by atoms with E-state index in [-0.39, 0.29) is 5.91 Å². The van der Waals surface area contributed by atoms with Crippen LogP contribution in [0.4, 0.5) is 4.79 Å². The van der Waals surface area contributed by atoms with Crippen molar-refractivity contribution in [1.82, 2.24) is 10.2 Å². The number of hydrogen-bond donors (Lipinski definition) is 2. The van der Waals surface area contributed by atoms with Crippen molar-refractivity contribution in [2.75, 3.05) is 13.6 Å². The van der Waals surface area contributed by atoms with E-state index in [4.69, 9.17) is 10.5 Å². The van der Waals surface area contributed by atoms with Crippen molar-refractivity contribution in [2.45, 2.75) is 64.1 Å². The Morgan fingerprint density at radius 2 is 1.86 bits per heavy atom. The molecule has 1 aromatic rings. The van der Waals surface area contributed by atoms with E-state index in [2.05, 4.69) is 5.32 Å². The lowest BCUT2D eigenvalue weighted by Crippen LogP contribution is -2.52. The maximum absolute atomic E-state index is 12.9. The molecule has 0 saturated carbocycles. The monoisotopic (exact) mass is 391 g/mol. The van der Waals surface area contributed by atoms with Crippen LogP contribution in [-0.2, 0) is 20.7 Å². The van der Waals surface area contributed by atoms with Crippen LogP contribution < -0.4 is 11.1 Å². The second-order valence-electron chi connectivity index (χ2n) is 7.83. The highest BCUT2D eigenvalue weighted by Gasteiger charge is 2.31. The Morgan fingerprint density at radius 3 is 2.39 bits per heavy atom. The number of nitrogens with two attached hydrogens (primary N) is 1. The van der Waals surface area contributed by atoms with Gasteiger partial charge in [0.25, 0.3) is 0 Å². The first-order chi connectivity index (χ1) is 13.2. The van der Waals surface area contributed by atoms with Crippen LogP contribution in [0.15, 0.2) is 30.3 Å². The number of hydrogen-bond acceptors (Lipinski definition) is 5. The molecule has 0 aliphatic heterocycles. The van der Waals surface area contributed by atoms with Gasteiger partial charge >= 0.3 is 6.09 Å². The molecular weight excluding hydrogens is 358 g/mol. The smallest absolute Gasteiger partial charge is 0.410 e. The summed E-state index contributed by atoms with van der Waals surface area (Å²) < 4.78 is 5.40. The number of aldehydes is 1. The third-order valence-corrected chi connectivity index (χ3v) is 4.18. The largest absolute Gasteiger partial charge is 0.444 e. The van der Waals surface area contributed by atoms with Gasteiger partial charge in [0.1, 0.15) is 17.9 Å². The predicted octanol–water partition coefficient (Wildman–Crippen LogP) is 2.28. The van der Waals surface area contributed by atoms with Crippen molar-refractivity contribution < 1.29 is 19.1 Å². The highest BCUT2D eigenvalue weighted by Crippen LogP contribution is 2.14. The first kappa shape index (κ1) is 23.6. The number of nitrogens with zero attached hydrogens (tertiary/aromatic N) is 1. The highest BCUT2D eigenvalue weighted by molar-refractivity contribution is 5.87. The fourth-order valence-corrected chi connectivity index (χ4v) is 2.67. The minimum atomic E-state index is -0.797. The molecule has 0 radical (unpaired) electrons. The van der Waals surface area contributed by atoms with Gasteiger partial charge in [-0.2, -0.15) is 0 Å². The number of likely N-dealkylation sites (N-methyl/N-ethyl adjacent to an activating group) is 1. The molecule has 7 heteroatoms. The van der Waals surface area contributed by atoms with Crippen LogP contribution in [0.3, 0.4) is 0 Å². The Labute approximate surface area is 167 Å². The summed E-state index contributed by atoms with van der Waals surface area (Å²) in [5.41, 5.74) is 5.71. The summed E-state index contributed by atoms with van der Waals surface area (Å²) in [6, 6.07) is 8.01. The number of nitrogens with one attached hydrogen (secondary N) is 1. The molecule has 7 nitrogen and oxygen atoms in total. The maximum Gasteiger partial charge on any atom is 0.410 e. The molecule has 28 heavy (non-hydrogen) atoms. The first-order valence-electron chi connectivity index (χ1n) is 9.63. The highest BCUT2D eigenvalue weighted by atomic mass is 16.6. The van der Waals surface area contributed by atoms with Crippen LogP contribution in [0.25, 0.3) is 0 Å². The van der Waals surface area contributed by atoms with Gasteiger partial charge in [0.2, 0.25) is 5.91 Å². The lowest BCUT2D eigenvalue weighted by molar-refractivity contribution is -0.128. The Morgan fingerprint density at radius 1 is 1.21 bits per heavy atom. The quantitative estimate of drug-likeness (QED) is 0.471. The molecule has 2 atom stereocenters. The van der Waals surface area contributed by atoms with Crippen molar-refractivity contribution in [3.63, 3.8) is 0 Å². The van der Waals surface area contributed by atoms with Crippen LogP contribution in [-0.4, -0.2) is 54.5 Å². The minimum Gasteiger partial charge on any atom is -0.444 e. The van der Waals surface area contributed by atoms with Gasteiger partial charge in [-0.1, -0.05) is 30.3 Å². The number of unbranched alkanes of at least 4 members (excludes halogenated alkanes) is 1. The van der Waals surface area contributed by atoms with Crippen LogP contribution in [0.2, 0.25) is 0 Å². The molecule has 0 aromatic heterocycles. The van der Waals surface area contributed by atoms with Gasteiger partial charge in [0.15, 0.2) is 0 Å². The average molecular weight is 392 g/mol. The number of carbonyl (C=O) groups excluding carboxylic acids is 3. The fraction of sp³-hybridized carbons (Fsp3) is 0.571. The predicted molar refractivity (Wildman–Crippen MR) is 109 cm³/mol. The third-order valence-electron chi connectivity index (χ3n) is 4.18. The van der Waals surface area contributed by atoms with Gasteiger partial charge < -0.3 is 20.6 Å². The number of amides is 2. The van der Waals surface area contributed by atoms with Gasteiger partial charge in [-0.3, -0.25) is 9.69 Å². The van der Waals surface area contributed by atoms with Crippen molar-refractivity contribution in [3.05, 3.63) is 35.9 Å². The Kier molecular flexibility index (Phi) is 9.65. The van der Waals surface area contributed by atoms with E-state index in [0.29, 0.717) is 19.4 Å². The van der Waals surface area contributed by atoms with E-state index >= 15 is 0 Å². The first-order valence-corrected chi connectivity index (χ1v) is 9.63. The van der Waals surface area contributed by atoms with Gasteiger partial charge in [-0.05, 0) is 52.1 Å². The topological polar surface area (TPSA) is 102 Å². The zero-order valence-electron chi connectivity index (χ0n) is 17.3. The van der Waals surface area contributed by atoms with E-state index in [1.807, 2.05) is 30.3 Å². The molecule has 1 aromatic carbocycles. The number of carbonyl (C=O) groups is 3. The molecule has 0 bridgehead atoms. The number of benzene rings is 1. The van der Waals surface area contributed by atoms with Crippen molar-refractivity contribution in [2.24, 2.45) is 5.73 Å². The van der Waals surface area contributed by atoms with Gasteiger partial charge in [0, 0.05) is 13.5 Å². The van der Waals surface area contributed by atoms with Crippen LogP contribution in [0.5, 0.6) is 0 Å². The van der Waals surface area contributed by atoms with E-state index < -0.39 is 23.8 Å². The summed E-state index contributed by atoms with van der Waals surface area (Å²) in [5, 5.41) is 2.75. The summed E-state index contributed by atoms with van der Waals surface area (Å²) in [6.07, 6.45) is 2.49. The van der Waals surface area contributed by atoms with Gasteiger partial charge in [-0.25, -0.2) is 4.79 Å². The summed E-state index contributed by atoms with van der Waals surface area (Å²) in [4.78, 5) is 38.1. The second-order valence-corrected chi connectivity index (χ2v) is 7.83. The summed E-state index contributed by atoms with van der Waals surface area (Å²) in [5.74, 6) is -0.387. The number of rotatable bonds is 10. The Bertz CT molecular complexity index is 628. The lowest BCUT2D eigenvalue weighted by atomic mass is 10.0. The Balaban J connectivity index is 2.93. The maximum atomic E-state index is 12.9. The fourth-order valence-electron chi connectivity index (χ4n) is 2.67. The second kappa shape index (κ2) is 11.4. The standard InChI is InChI=1S/C21H33N3O4/c1-21(2,3)28-20(27)24(4)18(14-16-10-6-5-7-11-16)19(26)23-17(15-25)12-8-9-13-22/h5-7,10-11,15,17-18H,8-9,12-14,22H2,1-4H3,(H,23,26)/t17-,18-/m0/s1. The Hall–Kier alpha value is -2.41. The van der Waals surface area contributed by atoms with Crippen molar-refractivity contribution in [1.29, 1.82) is 0 Å². The third kappa shape index (κ3) is 8.52. The van der Waals surface area contributed by atoms with E-state index in [1.54, 1.807) is 20.8 Å². The normalized spacial score (nSPS) is 13.3. The molecule has 0 heterocycles. The van der Waals surface area contributed by atoms with Crippen LogP contribution in [0, 0.1) is 0 Å². The molecule has 0 unspecified atom stereocenters. The minimum absolute atomic E-state index is 0.316. The molecule has 0 saturated heterocycles. The van der Waals surface area contributed by atoms with Gasteiger partial charge in [0.05, 0.1) is 6.04 Å². The molecule has 0 spiro atoms. The van der Waals surface area contributed by atoms with E-state index in [1.165, 1.54) is 11.9 Å². The average Bonchev–Trinajstić information content (AvgIpc) is 2.64. The summed E-state index contributed by atoms with van der Waals surface area (Å²) >= 11 is 0. The van der Waals surface area contributed by atoms with E-state index in [0.717, 1.165) is 24.7 Å². The molecule has 2 amide bonds. The summed E-state index contributed by atoms with van der Waals surface area (Å²) in [7, 11) is 1.53. The lowest BCUT2D eigenvalue weighted by Gasteiger charge is -2.30. The molecular formula is C21H33N3O4. The molecule has 156 valence electrons. The number of ether oxygens (including phenoxy) is 1. The molecule has 0 aliphatic carbocycles. The van der Waals surface area contributed by atoms with Gasteiger partial charge in [-0.15, -0.1) is 0 Å². The SMILES string of the molecule is CN(C(=O)OC(C)(C)C)[C@@H](Cc1ccccc1)C(=O)N[C@H](C=O)CCCCN. The molecule has 1 rings (SSSR count). The van der Waals surface area contributed by atoms with E-state index in [9.17, 15) is 14.4 Å². The molecule has 0 fully saturated rings. The molecule has 3 N–H and O–H groups in total. The van der Waals surface area contributed by atoms with Crippen molar-refractivity contribution >= 4 is 18.3 Å². The van der Waals surface area contributed by atoms with Crippen LogP contribution >= 0.6 is 0 Å². The molecule has 0 aliphatic rings. The van der Waals surface area contributed by atoms with Crippen LogP contribution in [0.1, 0.15) is 45.6 Å². The summed E-state index contributed by atoms with van der Waals surface area (Å²) in [6.45, 7) is 5.85. The zero-order chi connectivity index (χ0) is 21.2. The zero-order valence-corrected chi connectivity index (χ0v) is 17.3. The van der Waals surface area contributed by atoms with Crippen molar-refractivity contribution in [3.8, 4) is 0 Å².